The minimum Gasteiger partial charge on any atom is -0.378 e. The van der Waals surface area contributed by atoms with Gasteiger partial charge in [-0.3, -0.25) is 4.79 Å². The SMILES string of the molecule is CC(C)C(=O)C1COCCOC1. The molecular formula is C9H16O3. The molecule has 0 aromatic carbocycles. The fraction of sp³-hybridized carbons (Fsp3) is 0.889. The number of Topliss-reactive ketones (excluding diaryl/α,β-unsaturated/α-hetero) is 1. The average Bonchev–Trinajstić information content (AvgIpc) is 2.30. The Morgan fingerprint density at radius 3 is 2.17 bits per heavy atom. The van der Waals surface area contributed by atoms with Crippen molar-refractivity contribution in [2.75, 3.05) is 26.4 Å². The summed E-state index contributed by atoms with van der Waals surface area (Å²) in [6.07, 6.45) is 0. The first-order valence-electron chi connectivity index (χ1n) is 4.41. The van der Waals surface area contributed by atoms with Crippen LogP contribution in [0, 0.1) is 11.8 Å². The van der Waals surface area contributed by atoms with Gasteiger partial charge in [-0.05, 0) is 0 Å². The standard InChI is InChI=1S/C9H16O3/c1-7(2)9(10)8-5-11-3-4-12-6-8/h7-8H,3-6H2,1-2H3. The Balaban J connectivity index is 2.43. The maximum absolute atomic E-state index is 11.5. The average molecular weight is 172 g/mol. The Kier molecular flexibility index (Phi) is 3.69. The van der Waals surface area contributed by atoms with E-state index in [4.69, 9.17) is 9.47 Å². The van der Waals surface area contributed by atoms with Crippen molar-refractivity contribution < 1.29 is 14.3 Å². The molecule has 0 unspecified atom stereocenters. The van der Waals surface area contributed by atoms with E-state index in [0.717, 1.165) is 0 Å². The zero-order chi connectivity index (χ0) is 8.97. The minimum atomic E-state index is -0.0486. The quantitative estimate of drug-likeness (QED) is 0.620. The van der Waals surface area contributed by atoms with Crippen LogP contribution in [0.25, 0.3) is 0 Å². The predicted octanol–water partition coefficient (Wildman–Crippen LogP) is 0.875. The molecule has 3 heteroatoms. The minimum absolute atomic E-state index is 0.0486. The summed E-state index contributed by atoms with van der Waals surface area (Å²) in [4.78, 5) is 11.5. The maximum Gasteiger partial charge on any atom is 0.143 e. The van der Waals surface area contributed by atoms with E-state index in [-0.39, 0.29) is 17.6 Å². The van der Waals surface area contributed by atoms with Crippen molar-refractivity contribution in [3.63, 3.8) is 0 Å². The second-order valence-corrected chi connectivity index (χ2v) is 3.40. The van der Waals surface area contributed by atoms with Crippen molar-refractivity contribution in [3.8, 4) is 0 Å². The molecule has 0 atom stereocenters. The van der Waals surface area contributed by atoms with Crippen LogP contribution in [-0.4, -0.2) is 32.2 Å². The molecular weight excluding hydrogens is 156 g/mol. The van der Waals surface area contributed by atoms with Crippen molar-refractivity contribution >= 4 is 5.78 Å². The van der Waals surface area contributed by atoms with E-state index in [2.05, 4.69) is 0 Å². The Morgan fingerprint density at radius 1 is 1.25 bits per heavy atom. The van der Waals surface area contributed by atoms with Crippen molar-refractivity contribution in [3.05, 3.63) is 0 Å². The molecule has 0 radical (unpaired) electrons. The zero-order valence-corrected chi connectivity index (χ0v) is 7.71. The summed E-state index contributed by atoms with van der Waals surface area (Å²) in [6, 6.07) is 0. The van der Waals surface area contributed by atoms with Crippen LogP contribution in [0.3, 0.4) is 0 Å². The molecule has 0 aromatic heterocycles. The van der Waals surface area contributed by atoms with Gasteiger partial charge in [0.1, 0.15) is 5.78 Å². The van der Waals surface area contributed by atoms with E-state index in [1.54, 1.807) is 0 Å². The lowest BCUT2D eigenvalue weighted by Crippen LogP contribution is -2.26. The van der Waals surface area contributed by atoms with Gasteiger partial charge in [-0.2, -0.15) is 0 Å². The summed E-state index contributed by atoms with van der Waals surface area (Å²) in [5, 5.41) is 0. The van der Waals surface area contributed by atoms with Gasteiger partial charge in [0.15, 0.2) is 0 Å². The van der Waals surface area contributed by atoms with E-state index < -0.39 is 0 Å². The van der Waals surface area contributed by atoms with Gasteiger partial charge in [0.2, 0.25) is 0 Å². The number of ketones is 1. The fourth-order valence-electron chi connectivity index (χ4n) is 1.25. The maximum atomic E-state index is 11.5. The molecule has 1 fully saturated rings. The highest BCUT2D eigenvalue weighted by Gasteiger charge is 2.23. The third-order valence-corrected chi connectivity index (χ3v) is 1.98. The molecule has 0 amide bonds. The van der Waals surface area contributed by atoms with Gasteiger partial charge in [-0.25, -0.2) is 0 Å². The number of hydrogen-bond acceptors (Lipinski definition) is 3. The summed E-state index contributed by atoms with van der Waals surface area (Å²) in [7, 11) is 0. The summed E-state index contributed by atoms with van der Waals surface area (Å²) in [6.45, 7) is 6.10. The van der Waals surface area contributed by atoms with E-state index in [1.165, 1.54) is 0 Å². The Bertz CT molecular complexity index is 146. The third-order valence-electron chi connectivity index (χ3n) is 1.98. The first-order valence-corrected chi connectivity index (χ1v) is 4.41. The lowest BCUT2D eigenvalue weighted by molar-refractivity contribution is -0.128. The summed E-state index contributed by atoms with van der Waals surface area (Å²) in [5.41, 5.74) is 0. The van der Waals surface area contributed by atoms with Crippen molar-refractivity contribution in [2.45, 2.75) is 13.8 Å². The predicted molar refractivity (Wildman–Crippen MR) is 45.0 cm³/mol. The molecule has 0 aliphatic carbocycles. The molecule has 0 aromatic rings. The van der Waals surface area contributed by atoms with Crippen LogP contribution in [-0.2, 0) is 14.3 Å². The van der Waals surface area contributed by atoms with Crippen LogP contribution >= 0.6 is 0 Å². The monoisotopic (exact) mass is 172 g/mol. The highest BCUT2D eigenvalue weighted by molar-refractivity contribution is 5.83. The van der Waals surface area contributed by atoms with Crippen LogP contribution in [0.2, 0.25) is 0 Å². The van der Waals surface area contributed by atoms with Gasteiger partial charge in [0, 0.05) is 5.92 Å². The summed E-state index contributed by atoms with van der Waals surface area (Å²) in [5.74, 6) is 0.282. The van der Waals surface area contributed by atoms with Crippen LogP contribution in [0.4, 0.5) is 0 Å². The van der Waals surface area contributed by atoms with E-state index >= 15 is 0 Å². The van der Waals surface area contributed by atoms with Gasteiger partial charge >= 0.3 is 0 Å². The Labute approximate surface area is 73.0 Å². The first kappa shape index (κ1) is 9.68. The fourth-order valence-corrected chi connectivity index (χ4v) is 1.25. The topological polar surface area (TPSA) is 35.5 Å². The molecule has 12 heavy (non-hydrogen) atoms. The van der Waals surface area contributed by atoms with Gasteiger partial charge in [0.05, 0.1) is 32.3 Å². The zero-order valence-electron chi connectivity index (χ0n) is 7.71. The molecule has 1 rings (SSSR count). The second-order valence-electron chi connectivity index (χ2n) is 3.40. The van der Waals surface area contributed by atoms with Gasteiger partial charge in [-0.1, -0.05) is 13.8 Å². The lowest BCUT2D eigenvalue weighted by atomic mass is 9.97. The molecule has 0 saturated carbocycles. The van der Waals surface area contributed by atoms with E-state index in [9.17, 15) is 4.79 Å². The summed E-state index contributed by atoms with van der Waals surface area (Å²) < 4.78 is 10.5. The second kappa shape index (κ2) is 4.58. The van der Waals surface area contributed by atoms with Crippen molar-refractivity contribution in [1.29, 1.82) is 0 Å². The van der Waals surface area contributed by atoms with Crippen LogP contribution in [0.1, 0.15) is 13.8 Å². The molecule has 1 heterocycles. The van der Waals surface area contributed by atoms with Gasteiger partial charge in [-0.15, -0.1) is 0 Å². The molecule has 0 N–H and O–H groups in total. The molecule has 0 spiro atoms. The first-order chi connectivity index (χ1) is 5.72. The normalized spacial score (nSPS) is 20.9. The van der Waals surface area contributed by atoms with Gasteiger partial charge < -0.3 is 9.47 Å². The number of carbonyl (C=O) groups excluding carboxylic acids is 1. The van der Waals surface area contributed by atoms with E-state index in [1.807, 2.05) is 13.8 Å². The Morgan fingerprint density at radius 2 is 1.75 bits per heavy atom. The molecule has 3 nitrogen and oxygen atoms in total. The summed E-state index contributed by atoms with van der Waals surface area (Å²) >= 11 is 0. The Hall–Kier alpha value is -0.410. The van der Waals surface area contributed by atoms with Crippen molar-refractivity contribution in [1.82, 2.24) is 0 Å². The lowest BCUT2D eigenvalue weighted by Gasteiger charge is -2.13. The number of ether oxygens (including phenoxy) is 2. The van der Waals surface area contributed by atoms with Gasteiger partial charge in [0.25, 0.3) is 0 Å². The van der Waals surface area contributed by atoms with Crippen LogP contribution in [0.5, 0.6) is 0 Å². The highest BCUT2D eigenvalue weighted by Crippen LogP contribution is 2.10. The third kappa shape index (κ3) is 2.57. The molecule has 1 saturated heterocycles. The number of rotatable bonds is 2. The molecule has 70 valence electrons. The smallest absolute Gasteiger partial charge is 0.143 e. The van der Waals surface area contributed by atoms with Crippen LogP contribution in [0.15, 0.2) is 0 Å². The largest absolute Gasteiger partial charge is 0.378 e. The molecule has 0 bridgehead atoms. The molecule has 1 aliphatic rings. The number of hydrogen-bond donors (Lipinski definition) is 0. The number of carbonyl (C=O) groups is 1. The van der Waals surface area contributed by atoms with Crippen LogP contribution < -0.4 is 0 Å². The van der Waals surface area contributed by atoms with E-state index in [0.29, 0.717) is 26.4 Å². The highest BCUT2D eigenvalue weighted by atomic mass is 16.5. The molecule has 1 aliphatic heterocycles. The van der Waals surface area contributed by atoms with Crippen molar-refractivity contribution in [2.24, 2.45) is 11.8 Å².